The molecular weight excluding hydrogens is 749 g/mol. The van der Waals surface area contributed by atoms with Crippen LogP contribution in [0.25, 0.3) is 88.7 Å². The fourth-order valence-electron chi connectivity index (χ4n) is 9.05. The zero-order valence-electron chi connectivity index (χ0n) is 34.2. The molecule has 0 aliphatic heterocycles. The van der Waals surface area contributed by atoms with Crippen LogP contribution in [-0.4, -0.2) is 0 Å². The third-order valence-corrected chi connectivity index (χ3v) is 12.2. The molecule has 0 saturated carbocycles. The van der Waals surface area contributed by atoms with Gasteiger partial charge in [0.05, 0.1) is 0 Å². The van der Waals surface area contributed by atoms with Crippen molar-refractivity contribution in [3.05, 3.63) is 265 Å². The first-order valence-electron chi connectivity index (χ1n) is 21.3. The van der Waals surface area contributed by atoms with E-state index in [0.717, 1.165) is 33.1 Å². The van der Waals surface area contributed by atoms with Gasteiger partial charge in [0.15, 0.2) is 0 Å². The summed E-state index contributed by atoms with van der Waals surface area (Å²) in [6, 6.07) is 89.9. The first-order chi connectivity index (χ1) is 30.7. The van der Waals surface area contributed by atoms with Crippen molar-refractivity contribution in [3.8, 4) is 66.8 Å². The Bertz CT molecular complexity index is 3180. The Morgan fingerprint density at radius 3 is 1.18 bits per heavy atom. The smallest absolute Gasteiger partial charge is 0.143 e. The summed E-state index contributed by atoms with van der Waals surface area (Å²) in [7, 11) is 0. The second-order valence-corrected chi connectivity index (χ2v) is 16.1. The number of hydrogen-bond donors (Lipinski definition) is 0. The lowest BCUT2D eigenvalue weighted by molar-refractivity contribution is 0.670. The summed E-state index contributed by atoms with van der Waals surface area (Å²) in [6.07, 6.45) is 0. The molecule has 0 N–H and O–H groups in total. The molecule has 0 saturated heterocycles. The number of para-hydroxylation sites is 2. The Kier molecular flexibility index (Phi) is 9.69. The molecule has 0 unspecified atom stereocenters. The van der Waals surface area contributed by atoms with E-state index in [-0.39, 0.29) is 5.92 Å². The summed E-state index contributed by atoms with van der Waals surface area (Å²) in [6.45, 7) is 0. The van der Waals surface area contributed by atoms with Gasteiger partial charge in [0, 0.05) is 22.3 Å². The van der Waals surface area contributed by atoms with Crippen LogP contribution < -0.4 is 0 Å². The van der Waals surface area contributed by atoms with Crippen LogP contribution in [0, 0.1) is 0 Å². The monoisotopic (exact) mass is 790 g/mol. The maximum Gasteiger partial charge on any atom is 0.143 e. The number of rotatable bonds is 9. The molecule has 1 nitrogen and oxygen atoms in total. The van der Waals surface area contributed by atoms with Gasteiger partial charge in [0.2, 0.25) is 0 Å². The Labute approximate surface area is 362 Å². The van der Waals surface area contributed by atoms with Crippen molar-refractivity contribution in [1.29, 1.82) is 0 Å². The molecule has 292 valence electrons. The maximum absolute atomic E-state index is 6.39. The Morgan fingerprint density at radius 2 is 0.629 bits per heavy atom. The highest BCUT2D eigenvalue weighted by Crippen LogP contribution is 2.39. The highest BCUT2D eigenvalue weighted by molar-refractivity contribution is 6.09. The van der Waals surface area contributed by atoms with E-state index in [9.17, 15) is 0 Å². The summed E-state index contributed by atoms with van der Waals surface area (Å²) in [5.74, 6) is 0.0225. The van der Waals surface area contributed by atoms with Gasteiger partial charge >= 0.3 is 0 Å². The van der Waals surface area contributed by atoms with Gasteiger partial charge in [-0.3, -0.25) is 0 Å². The number of furan rings is 1. The quantitative estimate of drug-likeness (QED) is 0.133. The predicted molar refractivity (Wildman–Crippen MR) is 260 cm³/mol. The number of benzene rings is 10. The van der Waals surface area contributed by atoms with Crippen LogP contribution in [0.4, 0.5) is 0 Å². The molecule has 10 aromatic carbocycles. The van der Waals surface area contributed by atoms with E-state index in [1.807, 2.05) is 12.1 Å². The van der Waals surface area contributed by atoms with Crippen LogP contribution in [0.1, 0.15) is 22.6 Å². The van der Waals surface area contributed by atoms with Crippen molar-refractivity contribution in [1.82, 2.24) is 0 Å². The first kappa shape index (κ1) is 37.0. The summed E-state index contributed by atoms with van der Waals surface area (Å²) in [5.41, 5.74) is 19.9. The largest absolute Gasteiger partial charge is 0.455 e. The van der Waals surface area contributed by atoms with Crippen molar-refractivity contribution >= 4 is 21.9 Å². The minimum absolute atomic E-state index is 0.0225. The van der Waals surface area contributed by atoms with Gasteiger partial charge in [-0.05, 0) is 96.1 Å². The average Bonchev–Trinajstić information content (AvgIpc) is 3.75. The zero-order valence-corrected chi connectivity index (χ0v) is 34.2. The number of fused-ring (bicyclic) bond motifs is 3. The van der Waals surface area contributed by atoms with Crippen molar-refractivity contribution in [2.45, 2.75) is 5.92 Å². The first-order valence-corrected chi connectivity index (χ1v) is 21.3. The lowest BCUT2D eigenvalue weighted by Gasteiger charge is -2.21. The fourth-order valence-corrected chi connectivity index (χ4v) is 9.05. The van der Waals surface area contributed by atoms with Gasteiger partial charge in [-0.15, -0.1) is 0 Å². The zero-order chi connectivity index (χ0) is 41.2. The normalized spacial score (nSPS) is 11.4. The topological polar surface area (TPSA) is 13.1 Å². The van der Waals surface area contributed by atoms with E-state index in [2.05, 4.69) is 237 Å². The molecule has 11 rings (SSSR count). The van der Waals surface area contributed by atoms with Crippen LogP contribution in [0.2, 0.25) is 0 Å². The highest BCUT2D eigenvalue weighted by Gasteiger charge is 2.19. The van der Waals surface area contributed by atoms with Crippen molar-refractivity contribution in [2.24, 2.45) is 0 Å². The van der Waals surface area contributed by atoms with Crippen LogP contribution in [-0.2, 0) is 0 Å². The summed E-state index contributed by atoms with van der Waals surface area (Å²) in [5, 5.41) is 2.29. The van der Waals surface area contributed by atoms with Crippen molar-refractivity contribution in [2.75, 3.05) is 0 Å². The lowest BCUT2D eigenvalue weighted by atomic mass is 9.83. The van der Waals surface area contributed by atoms with E-state index in [0.29, 0.717) is 0 Å². The third kappa shape index (κ3) is 7.21. The molecule has 1 heteroatoms. The van der Waals surface area contributed by atoms with E-state index < -0.39 is 0 Å². The maximum atomic E-state index is 6.39. The van der Waals surface area contributed by atoms with Crippen molar-refractivity contribution in [3.63, 3.8) is 0 Å². The summed E-state index contributed by atoms with van der Waals surface area (Å²) < 4.78 is 6.39. The number of hydrogen-bond acceptors (Lipinski definition) is 1. The summed E-state index contributed by atoms with van der Waals surface area (Å²) >= 11 is 0. The minimum Gasteiger partial charge on any atom is -0.455 e. The van der Waals surface area contributed by atoms with Crippen molar-refractivity contribution < 1.29 is 4.42 Å². The van der Waals surface area contributed by atoms with Gasteiger partial charge in [-0.25, -0.2) is 0 Å². The molecule has 0 radical (unpaired) electrons. The van der Waals surface area contributed by atoms with Gasteiger partial charge in [0.1, 0.15) is 11.2 Å². The molecule has 0 spiro atoms. The Hall–Kier alpha value is -8.00. The van der Waals surface area contributed by atoms with Gasteiger partial charge < -0.3 is 4.42 Å². The molecular formula is C61H42O. The van der Waals surface area contributed by atoms with Crippen LogP contribution >= 0.6 is 0 Å². The molecule has 0 bridgehead atoms. The molecule has 0 atom stereocenters. The Morgan fingerprint density at radius 1 is 0.242 bits per heavy atom. The standard InChI is InChI=1S/C61H42O/c1-3-13-42(14-4-1)50-17-9-19-52(39-50)45-29-35-48(36-30-45)60(49-37-31-46(32-38-49)53-20-10-18-51(40-53)43-15-5-2-6-16-43)55-22-11-21-54(41-55)44-27-33-47(34-28-44)56-24-12-25-58-57-23-7-8-26-59(57)62-61(56)58/h1-41,60H. The van der Waals surface area contributed by atoms with Crippen LogP contribution in [0.15, 0.2) is 253 Å². The highest BCUT2D eigenvalue weighted by atomic mass is 16.3. The second kappa shape index (κ2) is 16.2. The molecule has 11 aromatic rings. The minimum atomic E-state index is 0.0225. The van der Waals surface area contributed by atoms with E-state index >= 15 is 0 Å². The average molecular weight is 791 g/mol. The molecule has 0 aliphatic rings. The molecule has 0 amide bonds. The summed E-state index contributed by atoms with van der Waals surface area (Å²) in [4.78, 5) is 0. The third-order valence-electron chi connectivity index (χ3n) is 12.2. The molecule has 0 aliphatic carbocycles. The second-order valence-electron chi connectivity index (χ2n) is 16.1. The van der Waals surface area contributed by atoms with Crippen LogP contribution in [0.5, 0.6) is 0 Å². The van der Waals surface area contributed by atoms with Crippen LogP contribution in [0.3, 0.4) is 0 Å². The predicted octanol–water partition coefficient (Wildman–Crippen LogP) is 16.8. The lowest BCUT2D eigenvalue weighted by Crippen LogP contribution is -2.04. The van der Waals surface area contributed by atoms with E-state index in [4.69, 9.17) is 4.42 Å². The van der Waals surface area contributed by atoms with E-state index in [1.165, 1.54) is 72.3 Å². The van der Waals surface area contributed by atoms with Gasteiger partial charge in [-0.2, -0.15) is 0 Å². The van der Waals surface area contributed by atoms with Gasteiger partial charge in [0.25, 0.3) is 0 Å². The molecule has 1 aromatic heterocycles. The van der Waals surface area contributed by atoms with E-state index in [1.54, 1.807) is 0 Å². The molecule has 62 heavy (non-hydrogen) atoms. The molecule has 0 fully saturated rings. The fraction of sp³-hybridized carbons (Fsp3) is 0.0164. The van der Waals surface area contributed by atoms with Gasteiger partial charge in [-0.1, -0.05) is 231 Å². The SMILES string of the molecule is c1ccc(-c2cccc(-c3ccc(C(c4ccc(-c5cccc(-c6ccccc6)c5)cc4)c4cccc(-c5ccc(-c6cccc7c6oc6ccccc67)cc5)c4)cc3)c2)cc1. The Balaban J connectivity index is 0.947. The molecule has 1 heterocycles.